The second kappa shape index (κ2) is 6.20. The van der Waals surface area contributed by atoms with Gasteiger partial charge in [-0.3, -0.25) is 0 Å². The molecule has 0 spiro atoms. The first kappa shape index (κ1) is 14.2. The molecule has 0 saturated carbocycles. The molecule has 18 heavy (non-hydrogen) atoms. The number of aromatic nitrogens is 1. The predicted molar refractivity (Wildman–Crippen MR) is 69.7 cm³/mol. The van der Waals surface area contributed by atoms with Crippen LogP contribution in [0, 0.1) is 0 Å². The minimum atomic E-state index is -0.457. The molecule has 0 bridgehead atoms. The van der Waals surface area contributed by atoms with Gasteiger partial charge in [0.25, 0.3) is 0 Å². The SMILES string of the molecule is COCC(C)N(C)c1ncc(N)cc1C(=O)OC. The molecular weight excluding hydrogens is 234 g/mol. The molecule has 0 saturated heterocycles. The maximum Gasteiger partial charge on any atom is 0.341 e. The van der Waals surface area contributed by atoms with Crippen LogP contribution in [0.5, 0.6) is 0 Å². The van der Waals surface area contributed by atoms with Crippen molar-refractivity contribution in [2.75, 3.05) is 38.5 Å². The summed E-state index contributed by atoms with van der Waals surface area (Å²) in [5.41, 5.74) is 6.41. The lowest BCUT2D eigenvalue weighted by Gasteiger charge is -2.26. The van der Waals surface area contributed by atoms with Gasteiger partial charge in [0.2, 0.25) is 0 Å². The smallest absolute Gasteiger partial charge is 0.341 e. The van der Waals surface area contributed by atoms with E-state index in [1.54, 1.807) is 13.2 Å². The first-order valence-corrected chi connectivity index (χ1v) is 5.56. The Morgan fingerprint density at radius 1 is 1.56 bits per heavy atom. The number of hydrogen-bond donors (Lipinski definition) is 1. The van der Waals surface area contributed by atoms with Gasteiger partial charge in [0.05, 0.1) is 31.6 Å². The Kier molecular flexibility index (Phi) is 4.91. The molecule has 0 aliphatic rings. The molecule has 0 amide bonds. The highest BCUT2D eigenvalue weighted by Crippen LogP contribution is 2.21. The lowest BCUT2D eigenvalue weighted by Crippen LogP contribution is -2.34. The number of likely N-dealkylation sites (N-methyl/N-ethyl adjacent to an activating group) is 1. The van der Waals surface area contributed by atoms with Gasteiger partial charge in [0, 0.05) is 14.2 Å². The van der Waals surface area contributed by atoms with Crippen molar-refractivity contribution in [1.29, 1.82) is 0 Å². The zero-order valence-electron chi connectivity index (χ0n) is 11.1. The molecule has 1 rings (SSSR count). The Balaban J connectivity index is 3.11. The van der Waals surface area contributed by atoms with Crippen LogP contribution in [0.4, 0.5) is 11.5 Å². The normalized spacial score (nSPS) is 12.0. The van der Waals surface area contributed by atoms with E-state index in [-0.39, 0.29) is 6.04 Å². The lowest BCUT2D eigenvalue weighted by atomic mass is 10.2. The van der Waals surface area contributed by atoms with Crippen LogP contribution < -0.4 is 10.6 Å². The molecule has 0 radical (unpaired) electrons. The van der Waals surface area contributed by atoms with E-state index in [2.05, 4.69) is 4.98 Å². The van der Waals surface area contributed by atoms with E-state index >= 15 is 0 Å². The molecule has 1 aromatic heterocycles. The summed E-state index contributed by atoms with van der Waals surface area (Å²) in [5.74, 6) is 0.0712. The zero-order chi connectivity index (χ0) is 13.7. The summed E-state index contributed by atoms with van der Waals surface area (Å²) in [6, 6.07) is 1.64. The number of nitrogen functional groups attached to an aromatic ring is 1. The van der Waals surface area contributed by atoms with E-state index in [0.717, 1.165) is 0 Å². The van der Waals surface area contributed by atoms with Crippen molar-refractivity contribution in [3.05, 3.63) is 17.8 Å². The van der Waals surface area contributed by atoms with E-state index < -0.39 is 5.97 Å². The van der Waals surface area contributed by atoms with Crippen molar-refractivity contribution in [1.82, 2.24) is 4.98 Å². The number of esters is 1. The number of hydrogen-bond acceptors (Lipinski definition) is 6. The Hall–Kier alpha value is -1.82. The summed E-state index contributed by atoms with van der Waals surface area (Å²) in [6.45, 7) is 2.51. The van der Waals surface area contributed by atoms with Crippen LogP contribution in [0.2, 0.25) is 0 Å². The van der Waals surface area contributed by atoms with Crippen molar-refractivity contribution in [3.63, 3.8) is 0 Å². The number of ether oxygens (including phenoxy) is 2. The van der Waals surface area contributed by atoms with E-state index in [1.807, 2.05) is 18.9 Å². The van der Waals surface area contributed by atoms with Gasteiger partial charge in [-0.25, -0.2) is 9.78 Å². The second-order valence-electron chi connectivity index (χ2n) is 4.05. The van der Waals surface area contributed by atoms with Gasteiger partial charge in [0.1, 0.15) is 11.4 Å². The van der Waals surface area contributed by atoms with Gasteiger partial charge in [-0.1, -0.05) is 0 Å². The van der Waals surface area contributed by atoms with Crippen molar-refractivity contribution < 1.29 is 14.3 Å². The molecule has 0 aliphatic carbocycles. The highest BCUT2D eigenvalue weighted by atomic mass is 16.5. The Morgan fingerprint density at radius 2 is 2.22 bits per heavy atom. The maximum absolute atomic E-state index is 11.7. The average molecular weight is 253 g/mol. The third-order valence-corrected chi connectivity index (χ3v) is 2.70. The number of methoxy groups -OCH3 is 2. The van der Waals surface area contributed by atoms with Crippen LogP contribution in [-0.4, -0.2) is 44.9 Å². The Morgan fingerprint density at radius 3 is 2.78 bits per heavy atom. The molecular formula is C12H19N3O3. The minimum Gasteiger partial charge on any atom is -0.465 e. The van der Waals surface area contributed by atoms with Gasteiger partial charge >= 0.3 is 5.97 Å². The van der Waals surface area contributed by atoms with E-state index in [0.29, 0.717) is 23.7 Å². The number of nitrogens with zero attached hydrogens (tertiary/aromatic N) is 2. The van der Waals surface area contributed by atoms with Gasteiger partial charge < -0.3 is 20.1 Å². The molecule has 6 heteroatoms. The molecule has 6 nitrogen and oxygen atoms in total. The predicted octanol–water partition coefficient (Wildman–Crippen LogP) is 0.921. The van der Waals surface area contributed by atoms with Crippen molar-refractivity contribution in [3.8, 4) is 0 Å². The minimum absolute atomic E-state index is 0.0783. The fourth-order valence-electron chi connectivity index (χ4n) is 1.58. The molecule has 0 fully saturated rings. The summed E-state index contributed by atoms with van der Waals surface area (Å²) in [5, 5.41) is 0. The van der Waals surface area contributed by atoms with Gasteiger partial charge in [-0.05, 0) is 13.0 Å². The number of pyridine rings is 1. The third-order valence-electron chi connectivity index (χ3n) is 2.70. The number of carbonyl (C=O) groups excluding carboxylic acids is 1. The fraction of sp³-hybridized carbons (Fsp3) is 0.500. The Labute approximate surface area is 107 Å². The van der Waals surface area contributed by atoms with Crippen LogP contribution >= 0.6 is 0 Å². The van der Waals surface area contributed by atoms with Crippen LogP contribution in [0.3, 0.4) is 0 Å². The lowest BCUT2D eigenvalue weighted by molar-refractivity contribution is 0.0601. The number of rotatable bonds is 5. The monoisotopic (exact) mass is 253 g/mol. The van der Waals surface area contributed by atoms with Crippen LogP contribution in [0.1, 0.15) is 17.3 Å². The number of nitrogens with two attached hydrogens (primary N) is 1. The molecule has 1 unspecified atom stereocenters. The molecule has 1 heterocycles. The fourth-order valence-corrected chi connectivity index (χ4v) is 1.58. The van der Waals surface area contributed by atoms with Gasteiger partial charge in [0.15, 0.2) is 0 Å². The molecule has 0 aromatic carbocycles. The second-order valence-corrected chi connectivity index (χ2v) is 4.05. The van der Waals surface area contributed by atoms with Crippen LogP contribution in [0.25, 0.3) is 0 Å². The highest BCUT2D eigenvalue weighted by Gasteiger charge is 2.20. The average Bonchev–Trinajstić information content (AvgIpc) is 2.37. The topological polar surface area (TPSA) is 77.7 Å². The summed E-state index contributed by atoms with van der Waals surface area (Å²) in [6.07, 6.45) is 1.51. The highest BCUT2D eigenvalue weighted by molar-refractivity contribution is 5.95. The van der Waals surface area contributed by atoms with Crippen molar-refractivity contribution in [2.45, 2.75) is 13.0 Å². The van der Waals surface area contributed by atoms with Gasteiger partial charge in [-0.15, -0.1) is 0 Å². The molecule has 2 N–H and O–H groups in total. The van der Waals surface area contributed by atoms with E-state index in [9.17, 15) is 4.79 Å². The number of carbonyl (C=O) groups is 1. The third kappa shape index (κ3) is 3.10. The standard InChI is InChI=1S/C12H19N3O3/c1-8(7-17-3)15(2)11-10(12(16)18-4)5-9(13)6-14-11/h5-6,8H,7,13H2,1-4H3. The Bertz CT molecular complexity index is 423. The van der Waals surface area contributed by atoms with Crippen molar-refractivity contribution >= 4 is 17.5 Å². The van der Waals surface area contributed by atoms with Crippen LogP contribution in [-0.2, 0) is 9.47 Å². The van der Waals surface area contributed by atoms with Crippen molar-refractivity contribution in [2.24, 2.45) is 0 Å². The van der Waals surface area contributed by atoms with E-state index in [1.165, 1.54) is 13.3 Å². The first-order valence-electron chi connectivity index (χ1n) is 5.56. The zero-order valence-corrected chi connectivity index (χ0v) is 11.1. The molecule has 0 aliphatic heterocycles. The molecule has 1 atom stereocenters. The molecule has 1 aromatic rings. The number of anilines is 2. The van der Waals surface area contributed by atoms with E-state index in [4.69, 9.17) is 15.2 Å². The largest absolute Gasteiger partial charge is 0.465 e. The van der Waals surface area contributed by atoms with Crippen LogP contribution in [0.15, 0.2) is 12.3 Å². The molecule has 100 valence electrons. The summed E-state index contributed by atoms with van der Waals surface area (Å²) in [7, 11) is 4.80. The summed E-state index contributed by atoms with van der Waals surface area (Å²) < 4.78 is 9.82. The quantitative estimate of drug-likeness (QED) is 0.786. The maximum atomic E-state index is 11.7. The summed E-state index contributed by atoms with van der Waals surface area (Å²) in [4.78, 5) is 17.7. The summed E-state index contributed by atoms with van der Waals surface area (Å²) >= 11 is 0. The first-order chi connectivity index (χ1) is 8.51. The van der Waals surface area contributed by atoms with Gasteiger partial charge in [-0.2, -0.15) is 0 Å².